The smallest absolute Gasteiger partial charge is 0.257 e. The Labute approximate surface area is 168 Å². The summed E-state index contributed by atoms with van der Waals surface area (Å²) in [6, 6.07) is 15.8. The van der Waals surface area contributed by atoms with E-state index in [1.807, 2.05) is 43.3 Å². The zero-order valence-corrected chi connectivity index (χ0v) is 17.3. The van der Waals surface area contributed by atoms with E-state index in [-0.39, 0.29) is 5.91 Å². The van der Waals surface area contributed by atoms with Crippen molar-refractivity contribution >= 4 is 39.2 Å². The summed E-state index contributed by atoms with van der Waals surface area (Å²) in [5.41, 5.74) is 2.90. The Morgan fingerprint density at radius 2 is 1.96 bits per heavy atom. The van der Waals surface area contributed by atoms with Crippen molar-refractivity contribution in [1.29, 1.82) is 0 Å². The Balaban J connectivity index is 1.69. The number of rotatable bonds is 5. The number of nitrogens with one attached hydrogen (secondary N) is 1. The molecule has 0 spiro atoms. The lowest BCUT2D eigenvalue weighted by Gasteiger charge is -2.34. The molecule has 26 heavy (non-hydrogen) atoms. The first-order chi connectivity index (χ1) is 12.5. The van der Waals surface area contributed by atoms with Gasteiger partial charge in [0.2, 0.25) is 0 Å². The zero-order valence-electron chi connectivity index (χ0n) is 14.9. The molecule has 0 aromatic heterocycles. The predicted molar refractivity (Wildman–Crippen MR) is 113 cm³/mol. The van der Waals surface area contributed by atoms with E-state index in [1.54, 1.807) is 0 Å². The Kier molecular flexibility index (Phi) is 6.43. The van der Waals surface area contributed by atoms with Crippen molar-refractivity contribution in [1.82, 2.24) is 10.2 Å². The second kappa shape index (κ2) is 8.78. The number of amides is 1. The van der Waals surface area contributed by atoms with Gasteiger partial charge in [0.15, 0.2) is 5.11 Å². The Bertz CT molecular complexity index is 790. The maximum Gasteiger partial charge on any atom is 0.257 e. The van der Waals surface area contributed by atoms with E-state index in [0.29, 0.717) is 23.1 Å². The van der Waals surface area contributed by atoms with E-state index in [2.05, 4.69) is 38.3 Å². The second-order valence-electron chi connectivity index (χ2n) is 6.89. The van der Waals surface area contributed by atoms with Crippen LogP contribution >= 0.6 is 28.1 Å². The molecule has 0 heterocycles. The molecular formula is C21H23BrN2OS. The summed E-state index contributed by atoms with van der Waals surface area (Å²) < 4.78 is 0.923. The highest BCUT2D eigenvalue weighted by atomic mass is 79.9. The number of aryl methyl sites for hydroxylation is 1. The van der Waals surface area contributed by atoms with Crippen molar-refractivity contribution in [3.8, 4) is 0 Å². The van der Waals surface area contributed by atoms with Crippen LogP contribution in [0.1, 0.15) is 40.7 Å². The van der Waals surface area contributed by atoms with Gasteiger partial charge in [-0.05, 0) is 61.2 Å². The van der Waals surface area contributed by atoms with Crippen LogP contribution in [-0.2, 0) is 6.54 Å². The van der Waals surface area contributed by atoms with Crippen molar-refractivity contribution in [3.05, 3.63) is 69.7 Å². The summed E-state index contributed by atoms with van der Waals surface area (Å²) >= 11 is 9.06. The van der Waals surface area contributed by atoms with Gasteiger partial charge in [0, 0.05) is 23.1 Å². The summed E-state index contributed by atoms with van der Waals surface area (Å²) in [5, 5.41) is 3.42. The summed E-state index contributed by atoms with van der Waals surface area (Å²) in [6.07, 6.45) is 3.78. The van der Waals surface area contributed by atoms with Crippen LogP contribution in [-0.4, -0.2) is 22.5 Å². The molecule has 2 aromatic rings. The third-order valence-corrected chi connectivity index (χ3v) is 6.08. The average molecular weight is 431 g/mol. The second-order valence-corrected chi connectivity index (χ2v) is 8.13. The van der Waals surface area contributed by atoms with E-state index in [1.165, 1.54) is 24.8 Å². The summed E-state index contributed by atoms with van der Waals surface area (Å²) in [5.74, 6) is 0.504. The summed E-state index contributed by atoms with van der Waals surface area (Å²) in [7, 11) is 0. The number of halogens is 1. The van der Waals surface area contributed by atoms with Crippen molar-refractivity contribution in [2.24, 2.45) is 5.92 Å². The molecule has 2 aromatic carbocycles. The third-order valence-electron chi connectivity index (χ3n) is 4.86. The van der Waals surface area contributed by atoms with Crippen LogP contribution in [0.15, 0.2) is 53.0 Å². The highest BCUT2D eigenvalue weighted by molar-refractivity contribution is 9.10. The van der Waals surface area contributed by atoms with Gasteiger partial charge in [0.1, 0.15) is 0 Å². The average Bonchev–Trinajstić information content (AvgIpc) is 2.60. The van der Waals surface area contributed by atoms with E-state index in [9.17, 15) is 4.79 Å². The van der Waals surface area contributed by atoms with Crippen LogP contribution in [0, 0.1) is 12.8 Å². The molecule has 0 bridgehead atoms. The Hall–Kier alpha value is -1.72. The number of benzene rings is 2. The largest absolute Gasteiger partial charge is 0.344 e. The lowest BCUT2D eigenvalue weighted by molar-refractivity contribution is 0.0971. The molecular weight excluding hydrogens is 408 g/mol. The molecule has 1 aliphatic carbocycles. The molecule has 5 heteroatoms. The van der Waals surface area contributed by atoms with Gasteiger partial charge in [0.25, 0.3) is 5.91 Å². The van der Waals surface area contributed by atoms with Gasteiger partial charge in [-0.2, -0.15) is 0 Å². The van der Waals surface area contributed by atoms with Crippen molar-refractivity contribution in [3.63, 3.8) is 0 Å². The molecule has 0 radical (unpaired) electrons. The summed E-state index contributed by atoms with van der Waals surface area (Å²) in [6.45, 7) is 3.61. The highest BCUT2D eigenvalue weighted by Crippen LogP contribution is 2.27. The van der Waals surface area contributed by atoms with Crippen LogP contribution in [0.5, 0.6) is 0 Å². The van der Waals surface area contributed by atoms with E-state index in [4.69, 9.17) is 12.2 Å². The van der Waals surface area contributed by atoms with Crippen LogP contribution in [0.3, 0.4) is 0 Å². The van der Waals surface area contributed by atoms with Gasteiger partial charge in [-0.25, -0.2) is 0 Å². The maximum atomic E-state index is 12.6. The van der Waals surface area contributed by atoms with Gasteiger partial charge in [-0.3, -0.25) is 10.1 Å². The van der Waals surface area contributed by atoms with Gasteiger partial charge in [-0.1, -0.05) is 58.7 Å². The monoisotopic (exact) mass is 430 g/mol. The zero-order chi connectivity index (χ0) is 18.5. The Morgan fingerprint density at radius 3 is 2.58 bits per heavy atom. The predicted octanol–water partition coefficient (Wildman–Crippen LogP) is 5.07. The minimum atomic E-state index is -0.164. The van der Waals surface area contributed by atoms with Crippen molar-refractivity contribution < 1.29 is 4.79 Å². The molecule has 136 valence electrons. The Morgan fingerprint density at radius 1 is 1.23 bits per heavy atom. The quantitative estimate of drug-likeness (QED) is 0.671. The molecule has 1 N–H and O–H groups in total. The minimum absolute atomic E-state index is 0.164. The number of hydrogen-bond donors (Lipinski definition) is 1. The summed E-state index contributed by atoms with van der Waals surface area (Å²) in [4.78, 5) is 14.7. The van der Waals surface area contributed by atoms with Gasteiger partial charge in [-0.15, -0.1) is 0 Å². The van der Waals surface area contributed by atoms with Crippen LogP contribution < -0.4 is 5.32 Å². The van der Waals surface area contributed by atoms with Crippen LogP contribution in [0.2, 0.25) is 0 Å². The first-order valence-electron chi connectivity index (χ1n) is 8.93. The van der Waals surface area contributed by atoms with Gasteiger partial charge in [0.05, 0.1) is 0 Å². The fourth-order valence-corrected chi connectivity index (χ4v) is 3.60. The topological polar surface area (TPSA) is 32.3 Å². The van der Waals surface area contributed by atoms with Crippen LogP contribution in [0.25, 0.3) is 0 Å². The lowest BCUT2D eigenvalue weighted by atomic mass is 9.85. The number of thiocarbonyl (C=S) groups is 1. The fraction of sp³-hybridized carbons (Fsp3) is 0.333. The normalized spacial score (nSPS) is 13.8. The third kappa shape index (κ3) is 4.92. The minimum Gasteiger partial charge on any atom is -0.344 e. The number of carbonyl (C=O) groups excluding carboxylic acids is 1. The van der Waals surface area contributed by atoms with Crippen molar-refractivity contribution in [2.75, 3.05) is 6.54 Å². The van der Waals surface area contributed by atoms with E-state index < -0.39 is 0 Å². The molecule has 0 saturated heterocycles. The van der Waals surface area contributed by atoms with Crippen LogP contribution in [0.4, 0.5) is 0 Å². The molecule has 1 aliphatic rings. The molecule has 1 amide bonds. The molecule has 0 aliphatic heterocycles. The lowest BCUT2D eigenvalue weighted by Crippen LogP contribution is -2.45. The van der Waals surface area contributed by atoms with Gasteiger partial charge < -0.3 is 4.90 Å². The molecule has 3 nitrogen and oxygen atoms in total. The number of carbonyl (C=O) groups is 1. The van der Waals surface area contributed by atoms with E-state index in [0.717, 1.165) is 16.6 Å². The molecule has 3 rings (SSSR count). The first-order valence-corrected chi connectivity index (χ1v) is 10.1. The fourth-order valence-electron chi connectivity index (χ4n) is 2.99. The molecule has 1 fully saturated rings. The molecule has 0 unspecified atom stereocenters. The first kappa shape index (κ1) is 19.1. The number of nitrogens with zero attached hydrogens (tertiary/aromatic N) is 1. The highest BCUT2D eigenvalue weighted by Gasteiger charge is 2.23. The van der Waals surface area contributed by atoms with E-state index >= 15 is 0 Å². The molecule has 0 atom stereocenters. The van der Waals surface area contributed by atoms with Gasteiger partial charge >= 0.3 is 0 Å². The molecule has 1 saturated carbocycles. The SMILES string of the molecule is Cc1ccc(C(=O)NC(=S)N(Cc2ccccc2)CC2CCC2)cc1Br. The number of hydrogen-bond acceptors (Lipinski definition) is 2. The maximum absolute atomic E-state index is 12.6. The standard InChI is InChI=1S/C21H23BrN2OS/c1-15-10-11-18(12-19(15)22)20(25)23-21(26)24(14-17-8-5-9-17)13-16-6-3-2-4-7-16/h2-4,6-7,10-12,17H,5,8-9,13-14H2,1H3,(H,23,25,26). The van der Waals surface area contributed by atoms with Crippen molar-refractivity contribution in [2.45, 2.75) is 32.7 Å².